The van der Waals surface area contributed by atoms with Gasteiger partial charge in [0, 0.05) is 0 Å². The van der Waals surface area contributed by atoms with Crippen LogP contribution in [0, 0.1) is 0 Å². The van der Waals surface area contributed by atoms with Crippen molar-refractivity contribution in [2.45, 2.75) is 18.3 Å². The van der Waals surface area contributed by atoms with Gasteiger partial charge in [0.2, 0.25) is 0 Å². The molecule has 0 saturated heterocycles. The van der Waals surface area contributed by atoms with E-state index in [1.54, 1.807) is 12.1 Å². The number of carbonyl (C=O) groups excluding carboxylic acids is 1. The van der Waals surface area contributed by atoms with E-state index in [9.17, 15) is 23.1 Å². The predicted octanol–water partition coefficient (Wildman–Crippen LogP) is 3.85. The third kappa shape index (κ3) is 3.38. The van der Waals surface area contributed by atoms with E-state index in [1.807, 2.05) is 0 Å². The summed E-state index contributed by atoms with van der Waals surface area (Å²) in [5.41, 5.74) is -3.43. The van der Waals surface area contributed by atoms with Crippen LogP contribution in [0.25, 0.3) is 0 Å². The summed E-state index contributed by atoms with van der Waals surface area (Å²) in [5, 5.41) is 14.1. The fourth-order valence-corrected chi connectivity index (χ4v) is 2.89. The summed E-state index contributed by atoms with van der Waals surface area (Å²) in [6, 6.07) is 11.7. The second-order valence-corrected chi connectivity index (χ2v) is 6.27. The molecule has 3 rings (SSSR count). The monoisotopic (exact) mass is 398 g/mol. The van der Waals surface area contributed by atoms with Crippen molar-refractivity contribution >= 4 is 23.2 Å². The number of aliphatic hydroxyl groups is 1. The van der Waals surface area contributed by atoms with Crippen LogP contribution in [0.1, 0.15) is 22.3 Å². The summed E-state index contributed by atoms with van der Waals surface area (Å²) in [7, 11) is 1.45. The fourth-order valence-electron chi connectivity index (χ4n) is 2.67. The van der Waals surface area contributed by atoms with Crippen molar-refractivity contribution in [1.29, 1.82) is 0 Å². The summed E-state index contributed by atoms with van der Waals surface area (Å²) in [6.45, 7) is 0. The van der Waals surface area contributed by atoms with Gasteiger partial charge in [-0.3, -0.25) is 4.79 Å². The van der Waals surface area contributed by atoms with Gasteiger partial charge in [0.15, 0.2) is 0 Å². The number of ether oxygens (including phenoxy) is 1. The van der Waals surface area contributed by atoms with Crippen molar-refractivity contribution in [3.8, 4) is 5.75 Å². The van der Waals surface area contributed by atoms with E-state index in [0.29, 0.717) is 11.3 Å². The largest absolute Gasteiger partial charge is 0.497 e. The Morgan fingerprint density at radius 1 is 1.22 bits per heavy atom. The highest BCUT2D eigenvalue weighted by Crippen LogP contribution is 2.42. The summed E-state index contributed by atoms with van der Waals surface area (Å²) < 4.78 is 45.8. The van der Waals surface area contributed by atoms with E-state index in [2.05, 4.69) is 5.10 Å². The first-order valence-electron chi connectivity index (χ1n) is 7.77. The van der Waals surface area contributed by atoms with E-state index >= 15 is 0 Å². The van der Waals surface area contributed by atoms with Gasteiger partial charge in [-0.2, -0.15) is 23.3 Å². The van der Waals surface area contributed by atoms with E-state index in [1.165, 1.54) is 43.5 Å². The minimum atomic E-state index is -5.12. The zero-order valence-electron chi connectivity index (χ0n) is 14.0. The number of hydrogen-bond donors (Lipinski definition) is 1. The molecular weight excluding hydrogens is 385 g/mol. The zero-order chi connectivity index (χ0) is 19.8. The number of benzene rings is 2. The van der Waals surface area contributed by atoms with Gasteiger partial charge in [0.25, 0.3) is 11.6 Å². The first-order chi connectivity index (χ1) is 12.7. The van der Waals surface area contributed by atoms with Gasteiger partial charge in [-0.15, -0.1) is 0 Å². The molecule has 0 saturated carbocycles. The second-order valence-electron chi connectivity index (χ2n) is 5.86. The molecule has 0 aliphatic carbocycles. The molecule has 27 heavy (non-hydrogen) atoms. The minimum absolute atomic E-state index is 0.0416. The van der Waals surface area contributed by atoms with Gasteiger partial charge in [-0.1, -0.05) is 23.7 Å². The Hall–Kier alpha value is -2.58. The van der Waals surface area contributed by atoms with E-state index < -0.39 is 24.2 Å². The lowest BCUT2D eigenvalue weighted by molar-refractivity contribution is -0.297. The number of hydrazone groups is 1. The fraction of sp³-hybridized carbons (Fsp3) is 0.222. The van der Waals surface area contributed by atoms with Crippen molar-refractivity contribution in [2.24, 2.45) is 5.10 Å². The molecule has 2 aromatic carbocycles. The number of nitrogens with zero attached hydrogens (tertiary/aromatic N) is 2. The number of carbonyl (C=O) groups is 1. The van der Waals surface area contributed by atoms with Crippen molar-refractivity contribution in [3.05, 3.63) is 64.7 Å². The Balaban J connectivity index is 2.05. The molecule has 5 nitrogen and oxygen atoms in total. The molecule has 9 heteroatoms. The quantitative estimate of drug-likeness (QED) is 0.854. The lowest BCUT2D eigenvalue weighted by Gasteiger charge is -2.32. The maximum Gasteiger partial charge on any atom is 0.438 e. The number of methoxy groups -OCH3 is 1. The van der Waals surface area contributed by atoms with Gasteiger partial charge >= 0.3 is 6.18 Å². The maximum absolute atomic E-state index is 13.6. The minimum Gasteiger partial charge on any atom is -0.497 e. The van der Waals surface area contributed by atoms with Crippen LogP contribution in [0.4, 0.5) is 13.2 Å². The molecule has 1 N–H and O–H groups in total. The van der Waals surface area contributed by atoms with Crippen LogP contribution in [0.15, 0.2) is 53.6 Å². The molecule has 1 amide bonds. The third-order valence-corrected chi connectivity index (χ3v) is 4.49. The predicted molar refractivity (Wildman–Crippen MR) is 92.8 cm³/mol. The lowest BCUT2D eigenvalue weighted by atomic mass is 10.0. The SMILES string of the molecule is COc1ccc(C2=NN(C(=O)c3ccccc3Cl)[C@@](O)(C(F)(F)F)C2)cc1. The van der Waals surface area contributed by atoms with Crippen LogP contribution < -0.4 is 4.74 Å². The van der Waals surface area contributed by atoms with Crippen molar-refractivity contribution in [3.63, 3.8) is 0 Å². The number of amides is 1. The van der Waals surface area contributed by atoms with Gasteiger partial charge in [0.05, 0.1) is 29.8 Å². The van der Waals surface area contributed by atoms with Crippen LogP contribution in [0.5, 0.6) is 5.75 Å². The molecular formula is C18H14ClF3N2O3. The van der Waals surface area contributed by atoms with Crippen molar-refractivity contribution in [2.75, 3.05) is 7.11 Å². The van der Waals surface area contributed by atoms with Gasteiger partial charge in [-0.05, 0) is 42.0 Å². The molecule has 0 unspecified atom stereocenters. The zero-order valence-corrected chi connectivity index (χ0v) is 14.8. The number of alkyl halides is 3. The van der Waals surface area contributed by atoms with Crippen LogP contribution in [0.2, 0.25) is 5.02 Å². The first-order valence-corrected chi connectivity index (χ1v) is 8.15. The van der Waals surface area contributed by atoms with Crippen LogP contribution >= 0.6 is 11.6 Å². The lowest BCUT2D eigenvalue weighted by Crippen LogP contribution is -2.56. The Labute approximate surface area is 157 Å². The van der Waals surface area contributed by atoms with Crippen LogP contribution in [-0.4, -0.2) is 40.7 Å². The van der Waals surface area contributed by atoms with E-state index in [0.717, 1.165) is 0 Å². The molecule has 1 heterocycles. The highest BCUT2D eigenvalue weighted by Gasteiger charge is 2.63. The molecule has 1 atom stereocenters. The molecule has 0 aromatic heterocycles. The Morgan fingerprint density at radius 2 is 1.85 bits per heavy atom. The molecule has 0 spiro atoms. The van der Waals surface area contributed by atoms with Gasteiger partial charge in [0.1, 0.15) is 5.75 Å². The number of hydrogen-bond acceptors (Lipinski definition) is 4. The van der Waals surface area contributed by atoms with E-state index in [-0.39, 0.29) is 21.3 Å². The smallest absolute Gasteiger partial charge is 0.438 e. The summed E-state index contributed by atoms with van der Waals surface area (Å²) in [5.74, 6) is -0.642. The van der Waals surface area contributed by atoms with Crippen LogP contribution in [0.3, 0.4) is 0 Å². The molecule has 0 radical (unpaired) electrons. The average molecular weight is 399 g/mol. The van der Waals surface area contributed by atoms with Crippen LogP contribution in [-0.2, 0) is 0 Å². The normalized spacial score (nSPS) is 19.8. The highest BCUT2D eigenvalue weighted by atomic mass is 35.5. The first kappa shape index (κ1) is 19.2. The van der Waals surface area contributed by atoms with E-state index in [4.69, 9.17) is 16.3 Å². The molecule has 0 bridgehead atoms. The Morgan fingerprint density at radius 3 is 2.41 bits per heavy atom. The van der Waals surface area contributed by atoms with Crippen molar-refractivity contribution in [1.82, 2.24) is 5.01 Å². The molecule has 1 aliphatic rings. The second kappa shape index (κ2) is 6.86. The Kier molecular flexibility index (Phi) is 4.88. The molecule has 1 aliphatic heterocycles. The Bertz CT molecular complexity index is 899. The van der Waals surface area contributed by atoms with Gasteiger partial charge in [-0.25, -0.2) is 0 Å². The van der Waals surface area contributed by atoms with Gasteiger partial charge < -0.3 is 9.84 Å². The molecule has 0 fully saturated rings. The van der Waals surface area contributed by atoms with Crippen molar-refractivity contribution < 1.29 is 27.8 Å². The number of rotatable bonds is 3. The number of halogens is 4. The standard InChI is InChI=1S/C18H14ClF3N2O3/c1-27-12-8-6-11(7-9-12)15-10-17(26,18(20,21)22)24(23-15)16(25)13-4-2-3-5-14(13)19/h2-9,26H,10H2,1H3/t17-/m0/s1. The topological polar surface area (TPSA) is 62.1 Å². The molecule has 2 aromatic rings. The highest BCUT2D eigenvalue weighted by molar-refractivity contribution is 6.33. The average Bonchev–Trinajstić information content (AvgIpc) is 3.00. The third-order valence-electron chi connectivity index (χ3n) is 4.16. The summed E-state index contributed by atoms with van der Waals surface area (Å²) in [4.78, 5) is 12.7. The maximum atomic E-state index is 13.6. The summed E-state index contributed by atoms with van der Waals surface area (Å²) in [6.07, 6.45) is -6.03. The molecule has 142 valence electrons. The summed E-state index contributed by atoms with van der Waals surface area (Å²) >= 11 is 5.92.